The number of rotatable bonds is 16. The number of nitrogens with zero attached hydrogens (tertiary/aromatic N) is 2. The van der Waals surface area contributed by atoms with Crippen molar-refractivity contribution in [1.82, 2.24) is 9.80 Å². The summed E-state index contributed by atoms with van der Waals surface area (Å²) in [4.78, 5) is 58.7. The third-order valence-corrected chi connectivity index (χ3v) is 13.8. The lowest BCUT2D eigenvalue weighted by molar-refractivity contribution is 0.0508. The number of carbonyl (C=O) groups is 4. The van der Waals surface area contributed by atoms with E-state index in [0.717, 1.165) is 130 Å². The summed E-state index contributed by atoms with van der Waals surface area (Å²) in [7, 11) is 0. The minimum absolute atomic E-state index is 0.103. The van der Waals surface area contributed by atoms with Gasteiger partial charge < -0.3 is 0 Å². The van der Waals surface area contributed by atoms with Gasteiger partial charge in [-0.3, -0.25) is 29.0 Å². The van der Waals surface area contributed by atoms with Crippen molar-refractivity contribution in [3.63, 3.8) is 0 Å². The first kappa shape index (κ1) is 42.6. The molecule has 2 aliphatic rings. The topological polar surface area (TPSA) is 74.8 Å². The summed E-state index contributed by atoms with van der Waals surface area (Å²) in [5.74, 6) is -0.747. The Bertz CT molecular complexity index is 2670. The van der Waals surface area contributed by atoms with Crippen molar-refractivity contribution < 1.29 is 19.2 Å². The maximum atomic E-state index is 13.9. The predicted octanol–water partition coefficient (Wildman–Crippen LogP) is 14.6. The van der Waals surface area contributed by atoms with E-state index in [1.807, 2.05) is 60.7 Å². The third kappa shape index (κ3) is 7.53. The normalized spacial score (nSPS) is 14.5. The number of imide groups is 2. The molecule has 4 amide bonds. The second kappa shape index (κ2) is 18.2. The average Bonchev–Trinajstić information content (AvgIpc) is 3.33. The van der Waals surface area contributed by atoms with Gasteiger partial charge in [0.05, 0.1) is 0 Å². The van der Waals surface area contributed by atoms with Gasteiger partial charge in [-0.2, -0.15) is 0 Å². The van der Waals surface area contributed by atoms with E-state index in [1.54, 1.807) is 0 Å². The first-order valence-corrected chi connectivity index (χ1v) is 23.5. The van der Waals surface area contributed by atoms with Crippen LogP contribution in [0.4, 0.5) is 0 Å². The second-order valence-electron chi connectivity index (χ2n) is 17.6. The molecular formula is C58H56N2O4. The van der Waals surface area contributed by atoms with Crippen LogP contribution in [0.1, 0.15) is 133 Å². The number of hydrogen-bond acceptors (Lipinski definition) is 4. The van der Waals surface area contributed by atoms with E-state index in [2.05, 4.69) is 100 Å². The maximum absolute atomic E-state index is 13.9. The SMILES string of the molecule is CCCCCC(CC)N1C(=O)c2cccc3c(-c4ccc(-c5ccc(-c6ccc(-c7ccc8c9c(cccc79)C(=O)N(C(CC)CCCCC)C8=O)cc6)cc5)cc4)ccc(c23)C1=O. The van der Waals surface area contributed by atoms with Crippen molar-refractivity contribution in [2.75, 3.05) is 0 Å². The summed E-state index contributed by atoms with van der Waals surface area (Å²) < 4.78 is 0. The summed E-state index contributed by atoms with van der Waals surface area (Å²) in [5, 5.41) is 3.33. The third-order valence-electron chi connectivity index (χ3n) is 13.8. The molecular weight excluding hydrogens is 789 g/mol. The summed E-state index contributed by atoms with van der Waals surface area (Å²) in [6.45, 7) is 8.45. The van der Waals surface area contributed by atoms with Crippen LogP contribution in [0.15, 0.2) is 133 Å². The first-order chi connectivity index (χ1) is 31.3. The van der Waals surface area contributed by atoms with E-state index in [9.17, 15) is 19.2 Å². The van der Waals surface area contributed by atoms with Crippen molar-refractivity contribution in [2.24, 2.45) is 0 Å². The molecule has 0 saturated carbocycles. The van der Waals surface area contributed by atoms with Crippen LogP contribution in [-0.4, -0.2) is 45.5 Å². The van der Waals surface area contributed by atoms with Crippen molar-refractivity contribution in [1.29, 1.82) is 0 Å². The summed E-state index contributed by atoms with van der Waals surface area (Å²) in [6, 6.07) is 44.9. The molecule has 7 aromatic carbocycles. The van der Waals surface area contributed by atoms with E-state index >= 15 is 0 Å². The molecule has 2 unspecified atom stereocenters. The van der Waals surface area contributed by atoms with Crippen LogP contribution in [0.5, 0.6) is 0 Å². The molecule has 0 radical (unpaired) electrons. The van der Waals surface area contributed by atoms with E-state index in [-0.39, 0.29) is 35.7 Å². The Hall–Kier alpha value is -6.66. The zero-order valence-corrected chi connectivity index (χ0v) is 37.5. The van der Waals surface area contributed by atoms with Crippen molar-refractivity contribution >= 4 is 45.2 Å². The average molecular weight is 845 g/mol. The molecule has 64 heavy (non-hydrogen) atoms. The fraction of sp³-hybridized carbons (Fsp3) is 0.276. The van der Waals surface area contributed by atoms with Gasteiger partial charge >= 0.3 is 0 Å². The van der Waals surface area contributed by atoms with E-state index in [1.165, 1.54) is 9.80 Å². The number of amides is 4. The fourth-order valence-corrected chi connectivity index (χ4v) is 10.2. The monoisotopic (exact) mass is 844 g/mol. The highest BCUT2D eigenvalue weighted by Crippen LogP contribution is 2.40. The minimum Gasteiger partial charge on any atom is -0.271 e. The molecule has 0 N–H and O–H groups in total. The largest absolute Gasteiger partial charge is 0.271 e. The quantitative estimate of drug-likeness (QED) is 0.0717. The Morgan fingerprint density at radius 2 is 0.641 bits per heavy atom. The molecule has 2 heterocycles. The Balaban J connectivity index is 0.928. The molecule has 2 aliphatic heterocycles. The number of carbonyl (C=O) groups excluding carboxylic acids is 4. The number of benzene rings is 7. The minimum atomic E-state index is -0.187. The Labute approximate surface area is 376 Å². The molecule has 0 bridgehead atoms. The highest BCUT2D eigenvalue weighted by atomic mass is 16.2. The Kier molecular flexibility index (Phi) is 12.1. The van der Waals surface area contributed by atoms with Gasteiger partial charge in [0, 0.05) is 45.1 Å². The molecule has 0 spiro atoms. The van der Waals surface area contributed by atoms with Gasteiger partial charge in [-0.15, -0.1) is 0 Å². The Morgan fingerprint density at radius 3 is 0.953 bits per heavy atom. The van der Waals surface area contributed by atoms with E-state index in [0.29, 0.717) is 22.3 Å². The van der Waals surface area contributed by atoms with Gasteiger partial charge in [0.15, 0.2) is 0 Å². The van der Waals surface area contributed by atoms with Gasteiger partial charge in [0.25, 0.3) is 23.6 Å². The molecule has 7 aromatic rings. The molecule has 6 nitrogen and oxygen atoms in total. The summed E-state index contributed by atoms with van der Waals surface area (Å²) >= 11 is 0. The van der Waals surface area contributed by atoms with Crippen LogP contribution in [-0.2, 0) is 0 Å². The van der Waals surface area contributed by atoms with Crippen LogP contribution in [0.3, 0.4) is 0 Å². The molecule has 6 heteroatoms. The van der Waals surface area contributed by atoms with Gasteiger partial charge in [-0.05, 0) is 105 Å². The molecule has 0 fully saturated rings. The van der Waals surface area contributed by atoms with E-state index < -0.39 is 0 Å². The lowest BCUT2D eigenvalue weighted by atomic mass is 9.87. The molecule has 2 atom stereocenters. The van der Waals surface area contributed by atoms with Crippen molar-refractivity contribution in [3.05, 3.63) is 156 Å². The second-order valence-corrected chi connectivity index (χ2v) is 17.6. The van der Waals surface area contributed by atoms with Gasteiger partial charge in [-0.1, -0.05) is 175 Å². The van der Waals surface area contributed by atoms with Crippen LogP contribution < -0.4 is 0 Å². The zero-order valence-electron chi connectivity index (χ0n) is 37.5. The van der Waals surface area contributed by atoms with E-state index in [4.69, 9.17) is 0 Å². The zero-order chi connectivity index (χ0) is 44.5. The summed E-state index contributed by atoms with van der Waals surface area (Å²) in [5.41, 5.74) is 10.8. The van der Waals surface area contributed by atoms with Crippen LogP contribution >= 0.6 is 0 Å². The Morgan fingerprint density at radius 1 is 0.344 bits per heavy atom. The fourth-order valence-electron chi connectivity index (χ4n) is 10.2. The van der Waals surface area contributed by atoms with Crippen LogP contribution in [0.2, 0.25) is 0 Å². The van der Waals surface area contributed by atoms with Crippen molar-refractivity contribution in [2.45, 2.75) is 104 Å². The lowest BCUT2D eigenvalue weighted by Crippen LogP contribution is -2.46. The summed E-state index contributed by atoms with van der Waals surface area (Å²) in [6.07, 6.45) is 9.53. The first-order valence-electron chi connectivity index (χ1n) is 23.5. The van der Waals surface area contributed by atoms with Crippen LogP contribution in [0, 0.1) is 0 Å². The highest BCUT2D eigenvalue weighted by Gasteiger charge is 2.38. The van der Waals surface area contributed by atoms with Crippen LogP contribution in [0.25, 0.3) is 66.1 Å². The molecule has 9 rings (SSSR count). The predicted molar refractivity (Wildman–Crippen MR) is 261 cm³/mol. The standard InChI is InChI=1S/C58H56N2O4/c1-5-9-11-15-43(7-3)59-55(61)49-19-13-17-47-45(33-35-51(53(47)49)57(59)63)41-29-25-39(26-30-41)37-21-23-38(24-22-37)40-27-31-42(32-28-40)46-34-36-52-54-48(46)18-14-20-50(54)56(62)60(58(52)64)44(8-4)16-12-10-6-2/h13-14,17-36,43-44H,5-12,15-16H2,1-4H3. The number of unbranched alkanes of at least 4 members (excludes halogenated alkanes) is 4. The molecule has 322 valence electrons. The lowest BCUT2D eigenvalue weighted by Gasteiger charge is -2.34. The maximum Gasteiger partial charge on any atom is 0.261 e. The smallest absolute Gasteiger partial charge is 0.261 e. The number of hydrogen-bond donors (Lipinski definition) is 0. The van der Waals surface area contributed by atoms with Gasteiger partial charge in [-0.25, -0.2) is 0 Å². The van der Waals surface area contributed by atoms with Gasteiger partial charge in [0.1, 0.15) is 0 Å². The molecule has 0 saturated heterocycles. The van der Waals surface area contributed by atoms with Crippen molar-refractivity contribution in [3.8, 4) is 44.5 Å². The molecule has 0 aromatic heterocycles. The highest BCUT2D eigenvalue weighted by molar-refractivity contribution is 6.28. The molecule has 0 aliphatic carbocycles. The van der Waals surface area contributed by atoms with Gasteiger partial charge in [0.2, 0.25) is 0 Å².